The number of para-hydroxylation sites is 1. The molecule has 0 radical (unpaired) electrons. The second-order valence-corrected chi connectivity index (χ2v) is 5.73. The van der Waals surface area contributed by atoms with Crippen LogP contribution in [0.15, 0.2) is 52.9 Å². The van der Waals surface area contributed by atoms with Gasteiger partial charge in [-0.3, -0.25) is 4.79 Å². The molecule has 24 heavy (non-hydrogen) atoms. The first-order chi connectivity index (χ1) is 11.7. The van der Waals surface area contributed by atoms with E-state index in [4.69, 9.17) is 9.15 Å². The number of ketones is 1. The van der Waals surface area contributed by atoms with E-state index in [2.05, 4.69) is 6.92 Å². The lowest BCUT2D eigenvalue weighted by molar-refractivity contribution is 0.0753. The Morgan fingerprint density at radius 3 is 2.54 bits per heavy atom. The van der Waals surface area contributed by atoms with Gasteiger partial charge in [0.05, 0.1) is 5.56 Å². The minimum atomic E-state index is -0.265. The highest BCUT2D eigenvalue weighted by Crippen LogP contribution is 2.35. The van der Waals surface area contributed by atoms with Crippen LogP contribution in [0.4, 0.5) is 0 Å². The second kappa shape index (κ2) is 6.89. The van der Waals surface area contributed by atoms with E-state index in [9.17, 15) is 9.90 Å². The Morgan fingerprint density at radius 2 is 1.88 bits per heavy atom. The third kappa shape index (κ3) is 2.93. The third-order valence-electron chi connectivity index (χ3n) is 4.11. The minimum Gasteiger partial charge on any atom is -0.508 e. The molecule has 3 rings (SSSR count). The van der Waals surface area contributed by atoms with Crippen molar-refractivity contribution in [3.63, 3.8) is 0 Å². The first kappa shape index (κ1) is 16.3. The van der Waals surface area contributed by atoms with Crippen LogP contribution in [0.25, 0.3) is 11.0 Å². The number of phenolic OH excluding ortho intramolecular Hbond substituents is 1. The number of hydrogen-bond acceptors (Lipinski definition) is 4. The molecule has 1 atom stereocenters. The molecule has 4 heteroatoms. The van der Waals surface area contributed by atoms with Crippen LogP contribution in [0, 0.1) is 0 Å². The van der Waals surface area contributed by atoms with Crippen LogP contribution in [0.2, 0.25) is 0 Å². The number of furan rings is 1. The number of benzene rings is 2. The van der Waals surface area contributed by atoms with Crippen LogP contribution in [0.1, 0.15) is 47.6 Å². The summed E-state index contributed by atoms with van der Waals surface area (Å²) < 4.78 is 11.5. The van der Waals surface area contributed by atoms with Crippen LogP contribution in [0.3, 0.4) is 0 Å². The van der Waals surface area contributed by atoms with Crippen molar-refractivity contribution >= 4 is 16.8 Å². The van der Waals surface area contributed by atoms with Gasteiger partial charge in [0.25, 0.3) is 0 Å². The number of methoxy groups -OCH3 is 1. The molecule has 1 unspecified atom stereocenters. The van der Waals surface area contributed by atoms with Gasteiger partial charge >= 0.3 is 0 Å². The molecule has 0 aliphatic heterocycles. The van der Waals surface area contributed by atoms with Crippen molar-refractivity contribution in [1.29, 1.82) is 0 Å². The molecule has 1 N–H and O–H groups in total. The summed E-state index contributed by atoms with van der Waals surface area (Å²) in [7, 11) is 1.63. The van der Waals surface area contributed by atoms with Crippen molar-refractivity contribution in [3.05, 3.63) is 65.4 Å². The Bertz CT molecular complexity index is 846. The molecule has 0 amide bonds. The zero-order chi connectivity index (χ0) is 17.1. The van der Waals surface area contributed by atoms with E-state index in [0.717, 1.165) is 18.2 Å². The predicted molar refractivity (Wildman–Crippen MR) is 92.4 cm³/mol. The molecule has 1 aromatic heterocycles. The molecule has 0 fully saturated rings. The van der Waals surface area contributed by atoms with Crippen LogP contribution in [0.5, 0.6) is 5.75 Å². The maximum absolute atomic E-state index is 13.1. The predicted octanol–water partition coefficient (Wildman–Crippen LogP) is 4.86. The maximum atomic E-state index is 13.1. The van der Waals surface area contributed by atoms with Gasteiger partial charge in [-0.1, -0.05) is 31.5 Å². The number of ether oxygens (including phenoxy) is 1. The lowest BCUT2D eigenvalue weighted by Crippen LogP contribution is -2.08. The Balaban J connectivity index is 2.17. The van der Waals surface area contributed by atoms with Crippen molar-refractivity contribution in [1.82, 2.24) is 0 Å². The quantitative estimate of drug-likeness (QED) is 0.658. The maximum Gasteiger partial charge on any atom is 0.197 e. The molecule has 0 saturated carbocycles. The number of aromatic hydroxyl groups is 1. The summed E-state index contributed by atoms with van der Waals surface area (Å²) in [6, 6.07) is 13.8. The summed E-state index contributed by atoms with van der Waals surface area (Å²) in [5, 5.41) is 10.2. The fourth-order valence-electron chi connectivity index (χ4n) is 2.90. The van der Waals surface area contributed by atoms with Crippen LogP contribution >= 0.6 is 0 Å². The first-order valence-electron chi connectivity index (χ1n) is 8.03. The van der Waals surface area contributed by atoms with Crippen molar-refractivity contribution in [2.75, 3.05) is 7.11 Å². The Morgan fingerprint density at radius 1 is 1.17 bits per heavy atom. The number of hydrogen-bond donors (Lipinski definition) is 1. The van der Waals surface area contributed by atoms with Gasteiger partial charge in [-0.25, -0.2) is 0 Å². The largest absolute Gasteiger partial charge is 0.508 e. The molecule has 124 valence electrons. The summed E-state index contributed by atoms with van der Waals surface area (Å²) in [6.45, 7) is 2.07. The zero-order valence-corrected chi connectivity index (χ0v) is 13.8. The molecule has 4 nitrogen and oxygen atoms in total. The Kier molecular flexibility index (Phi) is 4.67. The van der Waals surface area contributed by atoms with E-state index < -0.39 is 0 Å². The lowest BCUT2D eigenvalue weighted by atomic mass is 9.97. The molecule has 3 aromatic rings. The van der Waals surface area contributed by atoms with Gasteiger partial charge in [-0.05, 0) is 36.8 Å². The third-order valence-corrected chi connectivity index (χ3v) is 4.11. The second-order valence-electron chi connectivity index (χ2n) is 5.73. The summed E-state index contributed by atoms with van der Waals surface area (Å²) in [6.07, 6.45) is 1.42. The summed E-state index contributed by atoms with van der Waals surface area (Å²) >= 11 is 0. The van der Waals surface area contributed by atoms with Gasteiger partial charge in [0.1, 0.15) is 23.2 Å². The van der Waals surface area contributed by atoms with E-state index in [1.165, 1.54) is 12.1 Å². The molecule has 2 aromatic carbocycles. The highest BCUT2D eigenvalue weighted by Gasteiger charge is 2.27. The first-order valence-corrected chi connectivity index (χ1v) is 8.03. The fraction of sp³-hybridized carbons (Fsp3) is 0.250. The van der Waals surface area contributed by atoms with E-state index >= 15 is 0 Å². The highest BCUT2D eigenvalue weighted by molar-refractivity contribution is 6.17. The van der Waals surface area contributed by atoms with Gasteiger partial charge in [-0.2, -0.15) is 0 Å². The van der Waals surface area contributed by atoms with Crippen LogP contribution in [-0.4, -0.2) is 18.0 Å². The monoisotopic (exact) mass is 324 g/mol. The molecule has 1 heterocycles. The number of phenols is 1. The normalized spacial score (nSPS) is 12.4. The van der Waals surface area contributed by atoms with E-state index in [0.29, 0.717) is 22.5 Å². The summed E-state index contributed by atoms with van der Waals surface area (Å²) in [5.41, 5.74) is 1.72. The molecular formula is C20H20O4. The van der Waals surface area contributed by atoms with E-state index in [1.54, 1.807) is 19.2 Å². The Hall–Kier alpha value is -2.59. The van der Waals surface area contributed by atoms with Gasteiger partial charge < -0.3 is 14.3 Å². The standard InChI is InChI=1S/C20H20O4/c1-3-6-17(23-2)20-18(15-7-4-5-8-16(15)24-20)19(22)13-9-11-14(21)12-10-13/h4-5,7-12,17,21H,3,6H2,1-2H3. The average Bonchev–Trinajstić information content (AvgIpc) is 2.99. The number of carbonyl (C=O) groups is 1. The van der Waals surface area contributed by atoms with Gasteiger partial charge in [0.2, 0.25) is 0 Å². The number of carbonyl (C=O) groups excluding carboxylic acids is 1. The average molecular weight is 324 g/mol. The van der Waals surface area contributed by atoms with Crippen LogP contribution < -0.4 is 0 Å². The van der Waals surface area contributed by atoms with E-state index in [1.807, 2.05) is 24.3 Å². The number of fused-ring (bicyclic) bond motifs is 1. The van der Waals surface area contributed by atoms with Gasteiger partial charge in [-0.15, -0.1) is 0 Å². The van der Waals surface area contributed by atoms with Crippen LogP contribution in [-0.2, 0) is 4.74 Å². The zero-order valence-electron chi connectivity index (χ0n) is 13.8. The molecule has 0 spiro atoms. The smallest absolute Gasteiger partial charge is 0.197 e. The molecular weight excluding hydrogens is 304 g/mol. The molecule has 0 aliphatic carbocycles. The van der Waals surface area contributed by atoms with Crippen molar-refractivity contribution < 1.29 is 19.1 Å². The van der Waals surface area contributed by atoms with Crippen molar-refractivity contribution in [2.45, 2.75) is 25.9 Å². The molecule has 0 bridgehead atoms. The summed E-state index contributed by atoms with van der Waals surface area (Å²) in [4.78, 5) is 13.1. The highest BCUT2D eigenvalue weighted by atomic mass is 16.5. The van der Waals surface area contributed by atoms with Gasteiger partial charge in [0, 0.05) is 18.1 Å². The molecule has 0 saturated heterocycles. The van der Waals surface area contributed by atoms with Gasteiger partial charge in [0.15, 0.2) is 5.78 Å². The number of rotatable bonds is 6. The topological polar surface area (TPSA) is 59.7 Å². The lowest BCUT2D eigenvalue weighted by Gasteiger charge is -2.13. The SMILES string of the molecule is CCCC(OC)c1oc2ccccc2c1C(=O)c1ccc(O)cc1. The van der Waals surface area contributed by atoms with Crippen molar-refractivity contribution in [3.8, 4) is 5.75 Å². The van der Waals surface area contributed by atoms with E-state index in [-0.39, 0.29) is 17.6 Å². The minimum absolute atomic E-state index is 0.129. The van der Waals surface area contributed by atoms with Crippen molar-refractivity contribution in [2.24, 2.45) is 0 Å². The Labute approximate surface area is 140 Å². The fourth-order valence-corrected chi connectivity index (χ4v) is 2.90. The summed E-state index contributed by atoms with van der Waals surface area (Å²) in [5.74, 6) is 0.566. The molecule has 0 aliphatic rings.